The molecule has 172 valence electrons. The number of benzene rings is 2. The number of fused-ring (bicyclic) bond motifs is 2. The number of piperidine rings is 1. The molecule has 2 amide bonds. The van der Waals surface area contributed by atoms with E-state index in [4.69, 9.17) is 11.6 Å². The number of carbonyl (C=O) groups is 2. The van der Waals surface area contributed by atoms with Gasteiger partial charge in [-0.15, -0.1) is 11.3 Å². The van der Waals surface area contributed by atoms with E-state index < -0.39 is 0 Å². The average molecular weight is 491 g/mol. The Hall–Kier alpha value is -3.16. The van der Waals surface area contributed by atoms with Crippen molar-refractivity contribution in [3.05, 3.63) is 76.0 Å². The number of rotatable bonds is 5. The number of hydrogen-bond acceptors (Lipinski definition) is 4. The van der Waals surface area contributed by atoms with Gasteiger partial charge in [0.15, 0.2) is 0 Å². The number of H-pyrrole nitrogens is 1. The van der Waals surface area contributed by atoms with Crippen LogP contribution in [0.5, 0.6) is 0 Å². The summed E-state index contributed by atoms with van der Waals surface area (Å²) >= 11 is 7.72. The third-order valence-electron chi connectivity index (χ3n) is 6.80. The zero-order valence-electron chi connectivity index (χ0n) is 18.5. The Morgan fingerprint density at radius 3 is 2.91 bits per heavy atom. The second kappa shape index (κ2) is 8.25. The van der Waals surface area contributed by atoms with Crippen LogP contribution in [0.4, 0.5) is 0 Å². The summed E-state index contributed by atoms with van der Waals surface area (Å²) in [6.45, 7) is 2.34. The van der Waals surface area contributed by atoms with Gasteiger partial charge in [0.2, 0.25) is 0 Å². The maximum atomic E-state index is 13.8. The molecule has 2 aromatic heterocycles. The minimum Gasteiger partial charge on any atom is -0.360 e. The number of aromatic amines is 1. The Morgan fingerprint density at radius 2 is 2.06 bits per heavy atom. The molecular weight excluding hydrogens is 468 g/mol. The van der Waals surface area contributed by atoms with Gasteiger partial charge in [0.25, 0.3) is 11.8 Å². The maximum Gasteiger partial charge on any atom is 0.274 e. The number of para-hydroxylation sites is 1. The number of thiazole rings is 1. The van der Waals surface area contributed by atoms with Gasteiger partial charge < -0.3 is 15.2 Å². The largest absolute Gasteiger partial charge is 0.360 e. The van der Waals surface area contributed by atoms with Gasteiger partial charge in [0, 0.05) is 34.7 Å². The quantitative estimate of drug-likeness (QED) is 0.399. The second-order valence-electron chi connectivity index (χ2n) is 9.04. The van der Waals surface area contributed by atoms with Crippen molar-refractivity contribution >= 4 is 45.7 Å². The first-order chi connectivity index (χ1) is 16.5. The lowest BCUT2D eigenvalue weighted by Gasteiger charge is -2.27. The molecule has 8 heteroatoms. The maximum absolute atomic E-state index is 13.8. The third-order valence-corrected chi connectivity index (χ3v) is 8.06. The third kappa shape index (κ3) is 3.69. The highest BCUT2D eigenvalue weighted by Crippen LogP contribution is 2.49. The van der Waals surface area contributed by atoms with Crippen molar-refractivity contribution in [2.75, 3.05) is 6.54 Å². The fraction of sp³-hybridized carbons (Fsp3) is 0.269. The Morgan fingerprint density at radius 1 is 1.21 bits per heavy atom. The molecule has 1 aliphatic carbocycles. The van der Waals surface area contributed by atoms with Gasteiger partial charge in [-0.3, -0.25) is 9.59 Å². The summed E-state index contributed by atoms with van der Waals surface area (Å²) in [6, 6.07) is 15.5. The number of hydrogen-bond donors (Lipinski definition) is 2. The van der Waals surface area contributed by atoms with Gasteiger partial charge in [0.05, 0.1) is 21.5 Å². The Balaban J connectivity index is 1.23. The number of likely N-dealkylation sites (tertiary alicyclic amines) is 1. The van der Waals surface area contributed by atoms with Gasteiger partial charge in [0.1, 0.15) is 5.69 Å². The molecule has 3 atom stereocenters. The molecule has 2 fully saturated rings. The van der Waals surface area contributed by atoms with Gasteiger partial charge in [-0.2, -0.15) is 0 Å². The summed E-state index contributed by atoms with van der Waals surface area (Å²) in [5, 5.41) is 5.43. The van der Waals surface area contributed by atoms with Crippen LogP contribution in [0.1, 0.15) is 38.7 Å². The molecule has 1 aliphatic heterocycles. The highest BCUT2D eigenvalue weighted by atomic mass is 35.5. The Kier molecular flexibility index (Phi) is 5.19. The second-order valence-corrected chi connectivity index (χ2v) is 10.7. The van der Waals surface area contributed by atoms with Crippen molar-refractivity contribution in [2.45, 2.75) is 31.8 Å². The van der Waals surface area contributed by atoms with Crippen LogP contribution in [-0.4, -0.2) is 45.3 Å². The van der Waals surface area contributed by atoms with Gasteiger partial charge in [-0.05, 0) is 49.4 Å². The molecule has 2 aliphatic rings. The number of aryl methyl sites for hydroxylation is 1. The van der Waals surface area contributed by atoms with E-state index in [1.165, 1.54) is 11.3 Å². The molecule has 0 unspecified atom stereocenters. The number of nitrogens with one attached hydrogen (secondary N) is 2. The number of amides is 2. The van der Waals surface area contributed by atoms with Crippen LogP contribution in [0.15, 0.2) is 54.7 Å². The minimum absolute atomic E-state index is 0.0420. The van der Waals surface area contributed by atoms with E-state index in [0.717, 1.165) is 39.2 Å². The Labute approximate surface area is 206 Å². The lowest BCUT2D eigenvalue weighted by Crippen LogP contribution is -2.45. The van der Waals surface area contributed by atoms with E-state index >= 15 is 0 Å². The number of halogens is 1. The zero-order chi connectivity index (χ0) is 23.4. The molecule has 6 rings (SSSR count). The molecule has 34 heavy (non-hydrogen) atoms. The summed E-state index contributed by atoms with van der Waals surface area (Å²) in [5.74, 6) is 0.318. The molecule has 2 N–H and O–H groups in total. The summed E-state index contributed by atoms with van der Waals surface area (Å²) in [7, 11) is 0. The van der Waals surface area contributed by atoms with Crippen LogP contribution in [0.25, 0.3) is 21.3 Å². The van der Waals surface area contributed by atoms with Crippen molar-refractivity contribution in [3.8, 4) is 10.4 Å². The van der Waals surface area contributed by atoms with Crippen LogP contribution in [0.2, 0.25) is 5.02 Å². The first-order valence-electron chi connectivity index (χ1n) is 11.4. The number of carbonyl (C=O) groups excluding carboxylic acids is 2. The fourth-order valence-corrected chi connectivity index (χ4v) is 6.24. The van der Waals surface area contributed by atoms with E-state index in [0.29, 0.717) is 28.7 Å². The van der Waals surface area contributed by atoms with Gasteiger partial charge in [-0.25, -0.2) is 4.98 Å². The topological polar surface area (TPSA) is 78.1 Å². The number of nitrogens with zero attached hydrogens (tertiary/aromatic N) is 2. The molecular formula is C26H23ClN4O2S. The summed E-state index contributed by atoms with van der Waals surface area (Å²) < 4.78 is 0. The standard InChI is InChI=1S/C26H23ClN4O2S/c1-14-30-23(24(34-14)15-5-4-6-17(27)9-15)26(33)31-18(10-16-11-22(16)31)12-29-25(32)20-13-28-21-8-3-2-7-19(20)21/h2-9,13,16,18,22,28H,10-12H2,1H3,(H,29,32)/t16-,18+,22+/m1/s1. The van der Waals surface area contributed by atoms with Crippen molar-refractivity contribution in [2.24, 2.45) is 5.92 Å². The van der Waals surface area contributed by atoms with Crippen LogP contribution >= 0.6 is 22.9 Å². The Bertz CT molecular complexity index is 1430. The summed E-state index contributed by atoms with van der Waals surface area (Å²) in [6.07, 6.45) is 3.67. The zero-order valence-corrected chi connectivity index (χ0v) is 20.1. The highest BCUT2D eigenvalue weighted by molar-refractivity contribution is 7.15. The van der Waals surface area contributed by atoms with E-state index in [1.807, 2.05) is 60.4 Å². The normalized spacial score (nSPS) is 21.0. The molecule has 6 nitrogen and oxygen atoms in total. The summed E-state index contributed by atoms with van der Waals surface area (Å²) in [4.78, 5) is 37.2. The molecule has 4 aromatic rings. The monoisotopic (exact) mass is 490 g/mol. The van der Waals surface area contributed by atoms with E-state index in [1.54, 1.807) is 6.20 Å². The van der Waals surface area contributed by atoms with E-state index in [-0.39, 0.29) is 23.9 Å². The molecule has 0 spiro atoms. The molecule has 2 aromatic carbocycles. The molecule has 1 saturated carbocycles. The fourth-order valence-electron chi connectivity index (χ4n) is 5.14. The number of aromatic nitrogens is 2. The first-order valence-corrected chi connectivity index (χ1v) is 12.6. The minimum atomic E-state index is -0.130. The summed E-state index contributed by atoms with van der Waals surface area (Å²) in [5.41, 5.74) is 2.93. The smallest absolute Gasteiger partial charge is 0.274 e. The van der Waals surface area contributed by atoms with E-state index in [2.05, 4.69) is 15.3 Å². The van der Waals surface area contributed by atoms with Crippen LogP contribution < -0.4 is 5.32 Å². The molecule has 1 saturated heterocycles. The van der Waals surface area contributed by atoms with Crippen molar-refractivity contribution in [1.29, 1.82) is 0 Å². The van der Waals surface area contributed by atoms with Gasteiger partial charge >= 0.3 is 0 Å². The SMILES string of the molecule is Cc1nc(C(=O)N2[C@H](CNC(=O)c3c[nH]c4ccccc34)C[C@@H]3C[C@@H]32)c(-c2cccc(Cl)c2)s1. The van der Waals surface area contributed by atoms with Crippen LogP contribution in [0.3, 0.4) is 0 Å². The predicted molar refractivity (Wildman–Crippen MR) is 134 cm³/mol. The molecule has 0 bridgehead atoms. The first kappa shape index (κ1) is 21.4. The molecule has 0 radical (unpaired) electrons. The lowest BCUT2D eigenvalue weighted by atomic mass is 10.1. The van der Waals surface area contributed by atoms with Gasteiger partial charge in [-0.1, -0.05) is 41.9 Å². The molecule has 3 heterocycles. The van der Waals surface area contributed by atoms with E-state index in [9.17, 15) is 9.59 Å². The average Bonchev–Trinajstić information content (AvgIpc) is 3.17. The predicted octanol–water partition coefficient (Wildman–Crippen LogP) is 5.29. The highest BCUT2D eigenvalue weighted by Gasteiger charge is 2.54. The van der Waals surface area contributed by atoms with Crippen LogP contribution in [0, 0.1) is 12.8 Å². The van der Waals surface area contributed by atoms with Crippen molar-refractivity contribution < 1.29 is 9.59 Å². The van der Waals surface area contributed by atoms with Crippen molar-refractivity contribution in [1.82, 2.24) is 20.2 Å². The van der Waals surface area contributed by atoms with Crippen LogP contribution in [-0.2, 0) is 0 Å². The lowest BCUT2D eigenvalue weighted by molar-refractivity contribution is 0.0684. The van der Waals surface area contributed by atoms with Crippen molar-refractivity contribution in [3.63, 3.8) is 0 Å².